The summed E-state index contributed by atoms with van der Waals surface area (Å²) in [5.74, 6) is -0.0552. The normalized spacial score (nSPS) is 14.7. The Labute approximate surface area is 106 Å². The van der Waals surface area contributed by atoms with E-state index in [-0.39, 0.29) is 24.3 Å². The Morgan fingerprint density at radius 2 is 2.17 bits per heavy atom. The molecule has 18 heavy (non-hydrogen) atoms. The predicted molar refractivity (Wildman–Crippen MR) is 66.4 cm³/mol. The molecule has 1 saturated carbocycles. The van der Waals surface area contributed by atoms with Gasteiger partial charge in [-0.05, 0) is 24.5 Å². The predicted octanol–water partition coefficient (Wildman–Crippen LogP) is 0.614. The van der Waals surface area contributed by atoms with Crippen LogP contribution < -0.4 is 10.6 Å². The molecule has 0 aliphatic heterocycles. The minimum Gasteiger partial charge on any atom is -0.350 e. The lowest BCUT2D eigenvalue weighted by Gasteiger charge is -2.23. The van der Waals surface area contributed by atoms with Crippen molar-refractivity contribution in [2.75, 3.05) is 6.54 Å². The number of carbonyl (C=O) groups excluding carboxylic acids is 2. The number of hydrogen-bond donors (Lipinski definition) is 2. The number of nitrogens with one attached hydrogen (secondary N) is 2. The van der Waals surface area contributed by atoms with Gasteiger partial charge in [0.15, 0.2) is 0 Å². The van der Waals surface area contributed by atoms with Gasteiger partial charge in [-0.1, -0.05) is 12.5 Å². The van der Waals surface area contributed by atoms with E-state index in [1.165, 1.54) is 0 Å². The fraction of sp³-hybridized carbons (Fsp3) is 0.462. The standard InChI is InChI=1S/C13H17N3O2/c17-12(9-16-13(18)11-4-1-5-11)15-8-10-3-2-6-14-7-10/h2-3,6-7,11H,1,4-5,8-9H2,(H,15,17)(H,16,18). The van der Waals surface area contributed by atoms with Crippen LogP contribution in [0.25, 0.3) is 0 Å². The molecule has 5 nitrogen and oxygen atoms in total. The molecule has 0 spiro atoms. The van der Waals surface area contributed by atoms with Crippen LogP contribution in [0.1, 0.15) is 24.8 Å². The Morgan fingerprint density at radius 1 is 1.33 bits per heavy atom. The van der Waals surface area contributed by atoms with E-state index in [1.807, 2.05) is 12.1 Å². The number of carbonyl (C=O) groups is 2. The van der Waals surface area contributed by atoms with E-state index in [0.29, 0.717) is 6.54 Å². The highest BCUT2D eigenvalue weighted by Gasteiger charge is 2.25. The molecule has 2 N–H and O–H groups in total. The van der Waals surface area contributed by atoms with Gasteiger partial charge in [0.2, 0.25) is 11.8 Å². The summed E-state index contributed by atoms with van der Waals surface area (Å²) >= 11 is 0. The molecule has 0 saturated heterocycles. The molecule has 1 heterocycles. The molecule has 0 radical (unpaired) electrons. The van der Waals surface area contributed by atoms with E-state index in [0.717, 1.165) is 24.8 Å². The van der Waals surface area contributed by atoms with Crippen LogP contribution in [0.5, 0.6) is 0 Å². The lowest BCUT2D eigenvalue weighted by Crippen LogP contribution is -2.41. The quantitative estimate of drug-likeness (QED) is 0.801. The summed E-state index contributed by atoms with van der Waals surface area (Å²) in [6.07, 6.45) is 6.40. The van der Waals surface area contributed by atoms with Crippen molar-refractivity contribution in [3.8, 4) is 0 Å². The molecule has 0 bridgehead atoms. The van der Waals surface area contributed by atoms with Crippen LogP contribution in [0.2, 0.25) is 0 Å². The summed E-state index contributed by atoms with van der Waals surface area (Å²) < 4.78 is 0. The zero-order valence-corrected chi connectivity index (χ0v) is 10.2. The van der Waals surface area contributed by atoms with Gasteiger partial charge in [-0.3, -0.25) is 14.6 Å². The number of hydrogen-bond acceptors (Lipinski definition) is 3. The second kappa shape index (κ2) is 6.14. The Kier molecular flexibility index (Phi) is 4.28. The van der Waals surface area contributed by atoms with Crippen molar-refractivity contribution in [3.05, 3.63) is 30.1 Å². The molecule has 0 aromatic carbocycles. The van der Waals surface area contributed by atoms with Crippen molar-refractivity contribution in [3.63, 3.8) is 0 Å². The van der Waals surface area contributed by atoms with E-state index < -0.39 is 0 Å². The van der Waals surface area contributed by atoms with E-state index >= 15 is 0 Å². The Morgan fingerprint density at radius 3 is 2.78 bits per heavy atom. The second-order valence-electron chi connectivity index (χ2n) is 4.48. The van der Waals surface area contributed by atoms with Crippen molar-refractivity contribution in [1.29, 1.82) is 0 Å². The molecule has 1 aliphatic carbocycles. The molecule has 0 atom stereocenters. The largest absolute Gasteiger partial charge is 0.350 e. The molecule has 1 aromatic heterocycles. The molecule has 1 aromatic rings. The smallest absolute Gasteiger partial charge is 0.239 e. The van der Waals surface area contributed by atoms with Crippen molar-refractivity contribution in [2.45, 2.75) is 25.8 Å². The third-order valence-electron chi connectivity index (χ3n) is 3.11. The first-order chi connectivity index (χ1) is 8.75. The summed E-state index contributed by atoms with van der Waals surface area (Å²) in [5, 5.41) is 5.39. The lowest BCUT2D eigenvalue weighted by molar-refractivity contribution is -0.130. The molecule has 0 unspecified atom stereocenters. The zero-order valence-electron chi connectivity index (χ0n) is 10.2. The van der Waals surface area contributed by atoms with Crippen LogP contribution in [-0.2, 0) is 16.1 Å². The number of aromatic nitrogens is 1. The number of pyridine rings is 1. The average molecular weight is 247 g/mol. The number of rotatable bonds is 5. The van der Waals surface area contributed by atoms with E-state index in [9.17, 15) is 9.59 Å². The first-order valence-electron chi connectivity index (χ1n) is 6.19. The molecule has 1 aliphatic rings. The minimum absolute atomic E-state index is 0.00206. The summed E-state index contributed by atoms with van der Waals surface area (Å²) in [6.45, 7) is 0.488. The Hall–Kier alpha value is -1.91. The van der Waals surface area contributed by atoms with Crippen LogP contribution in [-0.4, -0.2) is 23.3 Å². The van der Waals surface area contributed by atoms with Gasteiger partial charge in [-0.25, -0.2) is 0 Å². The van der Waals surface area contributed by atoms with Crippen molar-refractivity contribution in [2.24, 2.45) is 5.92 Å². The van der Waals surface area contributed by atoms with Crippen molar-refractivity contribution < 1.29 is 9.59 Å². The molecular formula is C13H17N3O2. The van der Waals surface area contributed by atoms with E-state index in [1.54, 1.807) is 12.4 Å². The van der Waals surface area contributed by atoms with Gasteiger partial charge < -0.3 is 10.6 Å². The maximum Gasteiger partial charge on any atom is 0.239 e. The SMILES string of the molecule is O=C(CNC(=O)C1CCC1)NCc1cccnc1. The molecule has 96 valence electrons. The lowest BCUT2D eigenvalue weighted by atomic mass is 9.85. The molecular weight excluding hydrogens is 230 g/mol. The second-order valence-corrected chi connectivity index (χ2v) is 4.48. The van der Waals surface area contributed by atoms with Gasteiger partial charge in [-0.15, -0.1) is 0 Å². The van der Waals surface area contributed by atoms with Crippen molar-refractivity contribution in [1.82, 2.24) is 15.6 Å². The van der Waals surface area contributed by atoms with E-state index in [2.05, 4.69) is 15.6 Å². The molecule has 1 fully saturated rings. The highest BCUT2D eigenvalue weighted by Crippen LogP contribution is 2.25. The highest BCUT2D eigenvalue weighted by molar-refractivity contribution is 5.86. The summed E-state index contributed by atoms with van der Waals surface area (Å²) in [7, 11) is 0. The summed E-state index contributed by atoms with van der Waals surface area (Å²) in [4.78, 5) is 27.0. The minimum atomic E-state index is -0.175. The average Bonchev–Trinajstić information content (AvgIpc) is 2.33. The topological polar surface area (TPSA) is 71.1 Å². The van der Waals surface area contributed by atoms with Gasteiger partial charge in [0.05, 0.1) is 6.54 Å². The van der Waals surface area contributed by atoms with Crippen LogP contribution in [0.3, 0.4) is 0 Å². The Balaban J connectivity index is 1.64. The summed E-state index contributed by atoms with van der Waals surface area (Å²) in [5.41, 5.74) is 0.941. The number of nitrogens with zero attached hydrogens (tertiary/aromatic N) is 1. The fourth-order valence-corrected chi connectivity index (χ4v) is 1.75. The van der Waals surface area contributed by atoms with Crippen molar-refractivity contribution >= 4 is 11.8 Å². The van der Waals surface area contributed by atoms with Gasteiger partial charge >= 0.3 is 0 Å². The Bertz CT molecular complexity index is 416. The van der Waals surface area contributed by atoms with E-state index in [4.69, 9.17) is 0 Å². The van der Waals surface area contributed by atoms with Gasteiger partial charge in [-0.2, -0.15) is 0 Å². The van der Waals surface area contributed by atoms with Gasteiger partial charge in [0.25, 0.3) is 0 Å². The molecule has 2 amide bonds. The van der Waals surface area contributed by atoms with Crippen LogP contribution in [0.15, 0.2) is 24.5 Å². The van der Waals surface area contributed by atoms with Crippen LogP contribution in [0.4, 0.5) is 0 Å². The number of amides is 2. The maximum absolute atomic E-state index is 11.5. The molecule has 2 rings (SSSR count). The first-order valence-corrected chi connectivity index (χ1v) is 6.19. The fourth-order valence-electron chi connectivity index (χ4n) is 1.75. The third-order valence-corrected chi connectivity index (χ3v) is 3.11. The van der Waals surface area contributed by atoms with Gasteiger partial charge in [0.1, 0.15) is 0 Å². The molecule has 5 heteroatoms. The monoisotopic (exact) mass is 247 g/mol. The first kappa shape index (κ1) is 12.5. The highest BCUT2D eigenvalue weighted by atomic mass is 16.2. The summed E-state index contributed by atoms with van der Waals surface area (Å²) in [6, 6.07) is 3.71. The maximum atomic E-state index is 11.5. The van der Waals surface area contributed by atoms with Crippen LogP contribution >= 0.6 is 0 Å². The zero-order chi connectivity index (χ0) is 12.8. The third kappa shape index (κ3) is 3.55. The van der Waals surface area contributed by atoms with Crippen LogP contribution in [0, 0.1) is 5.92 Å². The van der Waals surface area contributed by atoms with Gasteiger partial charge in [0, 0.05) is 24.9 Å².